The van der Waals surface area contributed by atoms with Crippen molar-refractivity contribution in [1.29, 1.82) is 0 Å². The largest absolute Gasteiger partial charge is 0.493 e. The molecule has 5 rings (SSSR count). The lowest BCUT2D eigenvalue weighted by Gasteiger charge is -2.37. The highest BCUT2D eigenvalue weighted by Crippen LogP contribution is 2.40. The number of methoxy groups -OCH3 is 2. The molecule has 3 aromatic rings. The lowest BCUT2D eigenvalue weighted by Crippen LogP contribution is -2.43. The molecular formula is C27H28N2O5. The van der Waals surface area contributed by atoms with Crippen molar-refractivity contribution in [3.05, 3.63) is 82.9 Å². The van der Waals surface area contributed by atoms with Crippen LogP contribution in [0, 0.1) is 0 Å². The molecular weight excluding hydrogens is 432 g/mol. The van der Waals surface area contributed by atoms with E-state index in [-0.39, 0.29) is 25.3 Å². The van der Waals surface area contributed by atoms with Crippen molar-refractivity contribution in [2.24, 2.45) is 0 Å². The van der Waals surface area contributed by atoms with Crippen LogP contribution in [0.1, 0.15) is 28.3 Å². The summed E-state index contributed by atoms with van der Waals surface area (Å²) in [6.45, 7) is 1.72. The minimum atomic E-state index is -0.0546. The van der Waals surface area contributed by atoms with Gasteiger partial charge in [0.2, 0.25) is 12.7 Å². The summed E-state index contributed by atoms with van der Waals surface area (Å²) in [7, 11) is 3.30. The number of rotatable bonds is 7. The van der Waals surface area contributed by atoms with Gasteiger partial charge in [0.15, 0.2) is 23.0 Å². The number of amides is 1. The van der Waals surface area contributed by atoms with Gasteiger partial charge in [0.05, 0.1) is 26.8 Å². The Morgan fingerprint density at radius 2 is 1.76 bits per heavy atom. The second-order valence-corrected chi connectivity index (χ2v) is 8.40. The molecule has 0 aromatic heterocycles. The third kappa shape index (κ3) is 4.39. The molecule has 2 heterocycles. The Kier molecular flexibility index (Phi) is 6.27. The monoisotopic (exact) mass is 460 g/mol. The maximum absolute atomic E-state index is 13.0. The van der Waals surface area contributed by atoms with Crippen LogP contribution in [0.2, 0.25) is 0 Å². The van der Waals surface area contributed by atoms with Gasteiger partial charge in [0, 0.05) is 13.1 Å². The molecule has 2 aliphatic heterocycles. The Morgan fingerprint density at radius 1 is 1.00 bits per heavy atom. The Morgan fingerprint density at radius 3 is 2.56 bits per heavy atom. The maximum atomic E-state index is 13.0. The van der Waals surface area contributed by atoms with Crippen molar-refractivity contribution in [2.45, 2.75) is 19.0 Å². The predicted molar refractivity (Wildman–Crippen MR) is 128 cm³/mol. The van der Waals surface area contributed by atoms with Gasteiger partial charge in [-0.25, -0.2) is 0 Å². The first-order valence-electron chi connectivity index (χ1n) is 11.4. The summed E-state index contributed by atoms with van der Waals surface area (Å²) >= 11 is 0. The second kappa shape index (κ2) is 9.65. The van der Waals surface area contributed by atoms with Crippen molar-refractivity contribution < 1.29 is 23.7 Å². The summed E-state index contributed by atoms with van der Waals surface area (Å²) in [5.74, 6) is 2.84. The van der Waals surface area contributed by atoms with Crippen molar-refractivity contribution in [3.63, 3.8) is 0 Å². The lowest BCUT2D eigenvalue weighted by molar-refractivity contribution is -0.122. The molecule has 2 aliphatic rings. The van der Waals surface area contributed by atoms with Gasteiger partial charge in [0.1, 0.15) is 0 Å². The highest BCUT2D eigenvalue weighted by Gasteiger charge is 2.31. The molecule has 0 unspecified atom stereocenters. The van der Waals surface area contributed by atoms with Crippen LogP contribution in [0.25, 0.3) is 0 Å². The Balaban J connectivity index is 1.35. The van der Waals surface area contributed by atoms with Gasteiger partial charge >= 0.3 is 0 Å². The van der Waals surface area contributed by atoms with Crippen molar-refractivity contribution >= 4 is 5.91 Å². The highest BCUT2D eigenvalue weighted by atomic mass is 16.7. The molecule has 1 atom stereocenters. The molecule has 7 heteroatoms. The van der Waals surface area contributed by atoms with E-state index in [0.29, 0.717) is 18.0 Å². The van der Waals surface area contributed by atoms with Crippen molar-refractivity contribution in [3.8, 4) is 23.0 Å². The molecule has 1 amide bonds. The number of carbonyl (C=O) groups excluding carboxylic acids is 1. The zero-order valence-electron chi connectivity index (χ0n) is 19.4. The van der Waals surface area contributed by atoms with E-state index in [1.807, 2.05) is 42.5 Å². The number of hydrogen-bond donors (Lipinski definition) is 1. The topological polar surface area (TPSA) is 69.3 Å². The number of hydrogen-bond acceptors (Lipinski definition) is 6. The molecule has 0 fully saturated rings. The molecule has 0 radical (unpaired) electrons. The van der Waals surface area contributed by atoms with Gasteiger partial charge in [-0.05, 0) is 52.9 Å². The van der Waals surface area contributed by atoms with E-state index in [9.17, 15) is 4.79 Å². The summed E-state index contributed by atoms with van der Waals surface area (Å²) in [6, 6.07) is 20.0. The first-order chi connectivity index (χ1) is 16.7. The van der Waals surface area contributed by atoms with Gasteiger partial charge in [-0.15, -0.1) is 0 Å². The number of carbonyl (C=O) groups is 1. The average Bonchev–Trinajstić information content (AvgIpc) is 3.35. The fraction of sp³-hybridized carbons (Fsp3) is 0.296. The van der Waals surface area contributed by atoms with E-state index in [1.54, 1.807) is 14.2 Å². The van der Waals surface area contributed by atoms with Crippen LogP contribution in [0.15, 0.2) is 60.7 Å². The molecule has 7 nitrogen and oxygen atoms in total. The number of ether oxygens (including phenoxy) is 4. The van der Waals surface area contributed by atoms with Crippen LogP contribution < -0.4 is 24.3 Å². The first kappa shape index (κ1) is 22.1. The molecule has 0 aliphatic carbocycles. The van der Waals surface area contributed by atoms with Crippen LogP contribution in [0.3, 0.4) is 0 Å². The quantitative estimate of drug-likeness (QED) is 0.580. The molecule has 34 heavy (non-hydrogen) atoms. The fourth-order valence-corrected chi connectivity index (χ4v) is 4.69. The molecule has 0 saturated carbocycles. The van der Waals surface area contributed by atoms with E-state index < -0.39 is 0 Å². The molecule has 176 valence electrons. The SMILES string of the molecule is COc1cc2c(cc1OC)[C@@H](c1ccccc1)N(CC(=O)NCc1ccc3c(c1)OCO3)CC2. The molecule has 0 saturated heterocycles. The number of fused-ring (bicyclic) bond motifs is 2. The minimum Gasteiger partial charge on any atom is -0.493 e. The van der Waals surface area contributed by atoms with E-state index >= 15 is 0 Å². The number of nitrogens with zero attached hydrogens (tertiary/aromatic N) is 1. The standard InChI is InChI=1S/C27H28N2O5/c1-31-23-13-20-10-11-29(27(19-6-4-3-5-7-19)21(20)14-24(23)32-2)16-26(30)28-15-18-8-9-22-25(12-18)34-17-33-22/h3-9,12-14,27H,10-11,15-17H2,1-2H3,(H,28,30)/t27-/m1/s1. The van der Waals surface area contributed by atoms with Crippen LogP contribution >= 0.6 is 0 Å². The van der Waals surface area contributed by atoms with E-state index in [4.69, 9.17) is 18.9 Å². The zero-order valence-corrected chi connectivity index (χ0v) is 19.4. The third-order valence-electron chi connectivity index (χ3n) is 6.36. The van der Waals surface area contributed by atoms with Crippen molar-refractivity contribution in [1.82, 2.24) is 10.2 Å². The van der Waals surface area contributed by atoms with Crippen LogP contribution in [-0.4, -0.2) is 44.9 Å². The normalized spacial score (nSPS) is 16.6. The summed E-state index contributed by atoms with van der Waals surface area (Å²) in [4.78, 5) is 15.2. The van der Waals surface area contributed by atoms with E-state index in [2.05, 4.69) is 28.4 Å². The van der Waals surface area contributed by atoms with Crippen LogP contribution in [0.4, 0.5) is 0 Å². The molecule has 1 N–H and O–H groups in total. The Bertz CT molecular complexity index is 1180. The summed E-state index contributed by atoms with van der Waals surface area (Å²) in [5.41, 5.74) is 4.46. The van der Waals surface area contributed by atoms with Gasteiger partial charge < -0.3 is 24.3 Å². The predicted octanol–water partition coefficient (Wildman–Crippen LogP) is 3.70. The smallest absolute Gasteiger partial charge is 0.234 e. The molecule has 0 bridgehead atoms. The van der Waals surface area contributed by atoms with E-state index in [1.165, 1.54) is 5.56 Å². The van der Waals surface area contributed by atoms with E-state index in [0.717, 1.165) is 41.2 Å². The van der Waals surface area contributed by atoms with Gasteiger partial charge in [-0.1, -0.05) is 36.4 Å². The van der Waals surface area contributed by atoms with Crippen LogP contribution in [0.5, 0.6) is 23.0 Å². The van der Waals surface area contributed by atoms with Gasteiger partial charge in [0.25, 0.3) is 0 Å². The maximum Gasteiger partial charge on any atom is 0.234 e. The first-order valence-corrected chi connectivity index (χ1v) is 11.4. The lowest BCUT2D eigenvalue weighted by atomic mass is 9.87. The van der Waals surface area contributed by atoms with Gasteiger partial charge in [-0.3, -0.25) is 9.69 Å². The molecule has 0 spiro atoms. The van der Waals surface area contributed by atoms with Gasteiger partial charge in [-0.2, -0.15) is 0 Å². The molecule has 3 aromatic carbocycles. The summed E-state index contributed by atoms with van der Waals surface area (Å²) in [6.07, 6.45) is 0.828. The summed E-state index contributed by atoms with van der Waals surface area (Å²) < 4.78 is 21.9. The number of nitrogens with one attached hydrogen (secondary N) is 1. The van der Waals surface area contributed by atoms with Crippen molar-refractivity contribution in [2.75, 3.05) is 34.1 Å². The number of benzene rings is 3. The summed E-state index contributed by atoms with van der Waals surface area (Å²) in [5, 5.41) is 3.05. The van der Waals surface area contributed by atoms with Crippen LogP contribution in [-0.2, 0) is 17.8 Å². The minimum absolute atomic E-state index is 0.0254. The Labute approximate surface area is 199 Å². The Hall–Kier alpha value is -3.71. The fourth-order valence-electron chi connectivity index (χ4n) is 4.69. The average molecular weight is 461 g/mol. The highest BCUT2D eigenvalue weighted by molar-refractivity contribution is 5.78. The zero-order chi connectivity index (χ0) is 23.5. The third-order valence-corrected chi connectivity index (χ3v) is 6.36. The second-order valence-electron chi connectivity index (χ2n) is 8.40.